The van der Waals surface area contributed by atoms with Gasteiger partial charge in [-0.25, -0.2) is 4.39 Å². The number of benzene rings is 2. The molecule has 1 atom stereocenters. The van der Waals surface area contributed by atoms with Crippen molar-refractivity contribution in [2.24, 2.45) is 0 Å². The van der Waals surface area contributed by atoms with Gasteiger partial charge in [-0.3, -0.25) is 4.79 Å². The van der Waals surface area contributed by atoms with Gasteiger partial charge in [-0.15, -0.1) is 0 Å². The molecule has 6 heteroatoms. The molecule has 0 saturated carbocycles. The molecule has 138 valence electrons. The predicted octanol–water partition coefficient (Wildman–Crippen LogP) is 3.83. The zero-order valence-electron chi connectivity index (χ0n) is 15.1. The van der Waals surface area contributed by atoms with E-state index in [9.17, 15) is 9.18 Å². The number of carbonyl (C=O) groups is 1. The number of methoxy groups -OCH3 is 3. The van der Waals surface area contributed by atoms with E-state index in [1.165, 1.54) is 33.5 Å². The van der Waals surface area contributed by atoms with Gasteiger partial charge >= 0.3 is 0 Å². The Morgan fingerprint density at radius 3 is 2.23 bits per heavy atom. The first-order chi connectivity index (χ1) is 12.6. The van der Waals surface area contributed by atoms with Crippen LogP contribution in [0, 0.1) is 5.82 Å². The molecule has 0 aromatic heterocycles. The summed E-state index contributed by atoms with van der Waals surface area (Å²) in [4.78, 5) is 15.0. The number of hydrogen-bond acceptors (Lipinski definition) is 4. The molecule has 1 aliphatic heterocycles. The maximum Gasteiger partial charge on any atom is 0.258 e. The van der Waals surface area contributed by atoms with Crippen molar-refractivity contribution in [2.75, 3.05) is 27.9 Å². The van der Waals surface area contributed by atoms with Crippen LogP contribution in [0.1, 0.15) is 34.8 Å². The minimum Gasteiger partial charge on any atom is -0.496 e. The van der Waals surface area contributed by atoms with Gasteiger partial charge in [0.25, 0.3) is 5.91 Å². The van der Waals surface area contributed by atoms with Gasteiger partial charge in [0.2, 0.25) is 0 Å². The van der Waals surface area contributed by atoms with Crippen LogP contribution in [-0.2, 0) is 0 Å². The average molecular weight is 359 g/mol. The highest BCUT2D eigenvalue weighted by Gasteiger charge is 2.32. The molecule has 5 nitrogen and oxygen atoms in total. The molecule has 26 heavy (non-hydrogen) atoms. The number of amides is 1. The summed E-state index contributed by atoms with van der Waals surface area (Å²) >= 11 is 0. The Bertz CT molecular complexity index is 791. The molecule has 2 aromatic rings. The largest absolute Gasteiger partial charge is 0.496 e. The third-order valence-corrected chi connectivity index (χ3v) is 4.70. The molecular weight excluding hydrogens is 337 g/mol. The van der Waals surface area contributed by atoms with E-state index in [4.69, 9.17) is 14.2 Å². The van der Waals surface area contributed by atoms with Crippen LogP contribution in [0.5, 0.6) is 17.2 Å². The lowest BCUT2D eigenvalue weighted by Gasteiger charge is -2.26. The fraction of sp³-hybridized carbons (Fsp3) is 0.350. The van der Waals surface area contributed by atoms with E-state index in [1.807, 2.05) is 0 Å². The second-order valence-electron chi connectivity index (χ2n) is 6.12. The van der Waals surface area contributed by atoms with E-state index in [1.54, 1.807) is 29.2 Å². The molecule has 0 N–H and O–H groups in total. The average Bonchev–Trinajstić information content (AvgIpc) is 3.16. The van der Waals surface area contributed by atoms with Crippen LogP contribution in [0.2, 0.25) is 0 Å². The molecule has 2 aromatic carbocycles. The van der Waals surface area contributed by atoms with Crippen molar-refractivity contribution >= 4 is 5.91 Å². The first-order valence-electron chi connectivity index (χ1n) is 8.45. The summed E-state index contributed by atoms with van der Waals surface area (Å²) in [7, 11) is 4.57. The SMILES string of the molecule is COc1cc(OC)c(C(=O)N2CCCC2c2ccc(F)cc2)cc1OC. The highest BCUT2D eigenvalue weighted by molar-refractivity contribution is 5.98. The monoisotopic (exact) mass is 359 g/mol. The van der Waals surface area contributed by atoms with Crippen LogP contribution in [0.25, 0.3) is 0 Å². The summed E-state index contributed by atoms with van der Waals surface area (Å²) in [5.74, 6) is 0.963. The van der Waals surface area contributed by atoms with E-state index in [0.717, 1.165) is 18.4 Å². The normalized spacial score (nSPS) is 16.5. The van der Waals surface area contributed by atoms with Crippen molar-refractivity contribution in [3.63, 3.8) is 0 Å². The Hall–Kier alpha value is -2.76. The number of halogens is 1. The summed E-state index contributed by atoms with van der Waals surface area (Å²) in [6.07, 6.45) is 1.73. The van der Waals surface area contributed by atoms with Gasteiger partial charge in [0.15, 0.2) is 11.5 Å². The van der Waals surface area contributed by atoms with Gasteiger partial charge in [-0.1, -0.05) is 12.1 Å². The Labute approximate surface area is 152 Å². The number of ether oxygens (including phenoxy) is 3. The van der Waals surface area contributed by atoms with Crippen LogP contribution >= 0.6 is 0 Å². The molecular formula is C20H22FNO4. The zero-order chi connectivity index (χ0) is 18.7. The standard InChI is InChI=1S/C20H22FNO4/c1-24-17-12-19(26-3)18(25-2)11-15(17)20(23)22-10-4-5-16(22)13-6-8-14(21)9-7-13/h6-9,11-12,16H,4-5,10H2,1-3H3. The smallest absolute Gasteiger partial charge is 0.258 e. The van der Waals surface area contributed by atoms with Crippen molar-refractivity contribution in [3.8, 4) is 17.2 Å². The highest BCUT2D eigenvalue weighted by Crippen LogP contribution is 2.38. The Kier molecular flexibility index (Phi) is 5.30. The molecule has 0 bridgehead atoms. The quantitative estimate of drug-likeness (QED) is 0.814. The van der Waals surface area contributed by atoms with Crippen molar-refractivity contribution < 1.29 is 23.4 Å². The van der Waals surface area contributed by atoms with Gasteiger partial charge in [-0.2, -0.15) is 0 Å². The summed E-state index contributed by atoms with van der Waals surface area (Å²) < 4.78 is 29.2. The maximum absolute atomic E-state index is 13.2. The van der Waals surface area contributed by atoms with E-state index < -0.39 is 0 Å². The summed E-state index contributed by atoms with van der Waals surface area (Å²) in [5.41, 5.74) is 1.34. The number of hydrogen-bond donors (Lipinski definition) is 0. The van der Waals surface area contributed by atoms with Crippen molar-refractivity contribution in [1.82, 2.24) is 4.90 Å². The van der Waals surface area contributed by atoms with Crippen molar-refractivity contribution in [1.29, 1.82) is 0 Å². The lowest BCUT2D eigenvalue weighted by Crippen LogP contribution is -2.31. The van der Waals surface area contributed by atoms with Crippen LogP contribution in [0.3, 0.4) is 0 Å². The second-order valence-corrected chi connectivity index (χ2v) is 6.12. The van der Waals surface area contributed by atoms with Gasteiger partial charge < -0.3 is 19.1 Å². The van der Waals surface area contributed by atoms with E-state index >= 15 is 0 Å². The van der Waals surface area contributed by atoms with Crippen LogP contribution in [0.4, 0.5) is 4.39 Å². The maximum atomic E-state index is 13.2. The molecule has 0 spiro atoms. The molecule has 1 fully saturated rings. The second kappa shape index (κ2) is 7.64. The van der Waals surface area contributed by atoms with Gasteiger partial charge in [0, 0.05) is 18.7 Å². The Morgan fingerprint density at radius 2 is 1.62 bits per heavy atom. The molecule has 1 heterocycles. The van der Waals surface area contributed by atoms with Crippen molar-refractivity contribution in [3.05, 3.63) is 53.3 Å². The summed E-state index contributed by atoms with van der Waals surface area (Å²) in [6.45, 7) is 0.637. The lowest BCUT2D eigenvalue weighted by molar-refractivity contribution is 0.0731. The van der Waals surface area contributed by atoms with E-state index in [-0.39, 0.29) is 17.8 Å². The van der Waals surface area contributed by atoms with Gasteiger partial charge in [-0.05, 0) is 30.5 Å². The molecule has 1 saturated heterocycles. The first-order valence-corrected chi connectivity index (χ1v) is 8.45. The number of likely N-dealkylation sites (tertiary alicyclic amines) is 1. The fourth-order valence-electron chi connectivity index (χ4n) is 3.39. The minimum atomic E-state index is -0.286. The Balaban J connectivity index is 1.96. The van der Waals surface area contributed by atoms with E-state index in [0.29, 0.717) is 29.4 Å². The molecule has 0 aliphatic carbocycles. The Morgan fingerprint density at radius 1 is 1.00 bits per heavy atom. The zero-order valence-corrected chi connectivity index (χ0v) is 15.1. The van der Waals surface area contributed by atoms with Crippen molar-refractivity contribution in [2.45, 2.75) is 18.9 Å². The van der Waals surface area contributed by atoms with Gasteiger partial charge in [0.05, 0.1) is 32.9 Å². The first kappa shape index (κ1) is 18.0. The topological polar surface area (TPSA) is 48.0 Å². The number of rotatable bonds is 5. The number of carbonyl (C=O) groups excluding carboxylic acids is 1. The van der Waals surface area contributed by atoms with Crippen LogP contribution in [-0.4, -0.2) is 38.7 Å². The predicted molar refractivity (Wildman–Crippen MR) is 95.5 cm³/mol. The number of nitrogens with zero attached hydrogens (tertiary/aromatic N) is 1. The van der Waals surface area contributed by atoms with Crippen LogP contribution < -0.4 is 14.2 Å². The lowest BCUT2D eigenvalue weighted by atomic mass is 10.0. The third kappa shape index (κ3) is 3.31. The highest BCUT2D eigenvalue weighted by atomic mass is 19.1. The minimum absolute atomic E-state index is 0.0825. The van der Waals surface area contributed by atoms with Gasteiger partial charge in [0.1, 0.15) is 11.6 Å². The molecule has 1 amide bonds. The summed E-state index contributed by atoms with van der Waals surface area (Å²) in [5, 5.41) is 0. The van der Waals surface area contributed by atoms with E-state index in [2.05, 4.69) is 0 Å². The fourth-order valence-corrected chi connectivity index (χ4v) is 3.39. The molecule has 3 rings (SSSR count). The molecule has 1 aliphatic rings. The molecule has 0 radical (unpaired) electrons. The third-order valence-electron chi connectivity index (χ3n) is 4.70. The van der Waals surface area contributed by atoms with Crippen LogP contribution in [0.15, 0.2) is 36.4 Å². The molecule has 1 unspecified atom stereocenters. The summed E-state index contributed by atoms with van der Waals surface area (Å²) in [6, 6.07) is 9.52.